The largest absolute Gasteiger partial charge is 0.448 e. The molecule has 2 aromatic rings. The molecule has 6 nitrogen and oxygen atoms in total. The number of anilines is 1. The summed E-state index contributed by atoms with van der Waals surface area (Å²) in [5.74, 6) is 1.52. The molecule has 3 N–H and O–H groups in total. The fourth-order valence-corrected chi connectivity index (χ4v) is 3.08. The molecule has 2 aliphatic rings. The van der Waals surface area contributed by atoms with E-state index >= 15 is 0 Å². The van der Waals surface area contributed by atoms with Crippen molar-refractivity contribution in [3.8, 4) is 11.8 Å². The molecule has 31 heavy (non-hydrogen) atoms. The Kier molecular flexibility index (Phi) is 5.09. The first-order chi connectivity index (χ1) is 14.7. The van der Waals surface area contributed by atoms with E-state index in [4.69, 9.17) is 10.5 Å². The van der Waals surface area contributed by atoms with Crippen molar-refractivity contribution in [1.82, 2.24) is 4.98 Å². The Morgan fingerprint density at radius 1 is 1.29 bits per heavy atom. The average Bonchev–Trinajstić information content (AvgIpc) is 3.56. The second-order valence-electron chi connectivity index (χ2n) is 7.62. The molecule has 2 heterocycles. The van der Waals surface area contributed by atoms with Crippen molar-refractivity contribution in [2.24, 2.45) is 16.6 Å². The molecule has 0 bridgehead atoms. The van der Waals surface area contributed by atoms with Crippen LogP contribution in [-0.4, -0.2) is 29.4 Å². The number of carbonyl (C=O) groups is 1. The number of aromatic nitrogens is 1. The lowest BCUT2D eigenvalue weighted by molar-refractivity contribution is -0.173. The Morgan fingerprint density at radius 2 is 2.06 bits per heavy atom. The number of hydrogen-bond acceptors (Lipinski definition) is 5. The van der Waals surface area contributed by atoms with E-state index in [9.17, 15) is 18.0 Å². The summed E-state index contributed by atoms with van der Waals surface area (Å²) in [7, 11) is 0. The lowest BCUT2D eigenvalue weighted by Gasteiger charge is -2.39. The minimum absolute atomic E-state index is 0.0995. The van der Waals surface area contributed by atoms with Crippen molar-refractivity contribution < 1.29 is 22.7 Å². The number of amides is 1. The van der Waals surface area contributed by atoms with Crippen molar-refractivity contribution in [2.45, 2.75) is 31.3 Å². The Morgan fingerprint density at radius 3 is 2.74 bits per heavy atom. The van der Waals surface area contributed by atoms with Gasteiger partial charge in [-0.05, 0) is 50.1 Å². The standard InChI is InChI=1S/C22H19F3N4O2/c1-21(22(24,25)12-28-20(26)31-21)16-10-15(7-8-17(16)23)29-19(30)18-9-6-14(11-27-18)5-4-13-2-3-13/h6-11,13H,2-3,12H2,1H3,(H2,26,28)(H,29,30)/t21-/m1/s1. The molecule has 1 atom stereocenters. The first-order valence-electron chi connectivity index (χ1n) is 9.64. The predicted molar refractivity (Wildman–Crippen MR) is 108 cm³/mol. The van der Waals surface area contributed by atoms with Crippen LogP contribution in [0.15, 0.2) is 41.5 Å². The quantitative estimate of drug-likeness (QED) is 0.733. The SMILES string of the molecule is C[C@]1(c2cc(NC(=O)c3ccc(C#CC4CC4)cn3)ccc2F)OC(N)=NCC1(F)F. The molecule has 1 fully saturated rings. The third-order valence-corrected chi connectivity index (χ3v) is 5.17. The van der Waals surface area contributed by atoms with Gasteiger partial charge in [-0.15, -0.1) is 0 Å². The molecule has 1 amide bonds. The Bertz CT molecular complexity index is 1120. The second-order valence-corrected chi connectivity index (χ2v) is 7.62. The molecular formula is C22H19F3N4O2. The summed E-state index contributed by atoms with van der Waals surface area (Å²) >= 11 is 0. The number of ether oxygens (including phenoxy) is 1. The fourth-order valence-electron chi connectivity index (χ4n) is 3.08. The number of rotatable bonds is 3. The highest BCUT2D eigenvalue weighted by Gasteiger charge is 2.57. The lowest BCUT2D eigenvalue weighted by atomic mass is 9.87. The number of hydrogen-bond donors (Lipinski definition) is 2. The highest BCUT2D eigenvalue weighted by molar-refractivity contribution is 6.02. The number of nitrogens with one attached hydrogen (secondary N) is 1. The van der Waals surface area contributed by atoms with Gasteiger partial charge in [0.1, 0.15) is 18.1 Å². The van der Waals surface area contributed by atoms with Crippen LogP contribution in [0.4, 0.5) is 18.9 Å². The molecule has 0 spiro atoms. The smallest absolute Gasteiger partial charge is 0.310 e. The summed E-state index contributed by atoms with van der Waals surface area (Å²) in [6, 6.07) is 6.04. The minimum Gasteiger partial charge on any atom is -0.448 e. The maximum Gasteiger partial charge on any atom is 0.310 e. The lowest BCUT2D eigenvalue weighted by Crippen LogP contribution is -2.53. The maximum atomic E-state index is 14.5. The zero-order chi connectivity index (χ0) is 22.2. The summed E-state index contributed by atoms with van der Waals surface area (Å²) in [5.41, 5.74) is 3.51. The number of amidine groups is 1. The van der Waals surface area contributed by atoms with Crippen molar-refractivity contribution in [2.75, 3.05) is 11.9 Å². The van der Waals surface area contributed by atoms with E-state index in [0.717, 1.165) is 31.9 Å². The summed E-state index contributed by atoms with van der Waals surface area (Å²) in [4.78, 5) is 20.0. The van der Waals surface area contributed by atoms with Gasteiger partial charge < -0.3 is 15.8 Å². The summed E-state index contributed by atoms with van der Waals surface area (Å²) in [5, 5.41) is 2.53. The topological polar surface area (TPSA) is 89.6 Å². The van der Waals surface area contributed by atoms with Gasteiger partial charge >= 0.3 is 5.92 Å². The normalized spacial score (nSPS) is 21.9. The van der Waals surface area contributed by atoms with E-state index in [2.05, 4.69) is 27.1 Å². The molecule has 1 saturated carbocycles. The molecule has 0 radical (unpaired) electrons. The van der Waals surface area contributed by atoms with Gasteiger partial charge in [-0.2, -0.15) is 8.78 Å². The van der Waals surface area contributed by atoms with Gasteiger partial charge in [0, 0.05) is 28.9 Å². The van der Waals surface area contributed by atoms with Crippen LogP contribution in [-0.2, 0) is 10.3 Å². The Labute approximate surface area is 176 Å². The molecule has 0 saturated heterocycles. The number of halogens is 3. The van der Waals surface area contributed by atoms with Crippen LogP contribution < -0.4 is 11.1 Å². The molecule has 4 rings (SSSR count). The van der Waals surface area contributed by atoms with E-state index < -0.39 is 41.4 Å². The number of benzene rings is 1. The van der Waals surface area contributed by atoms with Gasteiger partial charge in [0.25, 0.3) is 11.9 Å². The zero-order valence-electron chi connectivity index (χ0n) is 16.6. The van der Waals surface area contributed by atoms with Gasteiger partial charge in [-0.3, -0.25) is 4.79 Å². The van der Waals surface area contributed by atoms with Crippen LogP contribution in [0.5, 0.6) is 0 Å². The van der Waals surface area contributed by atoms with Crippen LogP contribution in [0.25, 0.3) is 0 Å². The Hall–Kier alpha value is -3.54. The molecule has 1 aliphatic carbocycles. The number of alkyl halides is 2. The summed E-state index contributed by atoms with van der Waals surface area (Å²) < 4.78 is 48.6. The zero-order valence-corrected chi connectivity index (χ0v) is 16.6. The van der Waals surface area contributed by atoms with Gasteiger partial charge in [0.15, 0.2) is 0 Å². The maximum absolute atomic E-state index is 14.5. The van der Waals surface area contributed by atoms with Crippen LogP contribution in [0.2, 0.25) is 0 Å². The minimum atomic E-state index is -3.52. The van der Waals surface area contributed by atoms with E-state index in [-0.39, 0.29) is 11.4 Å². The van der Waals surface area contributed by atoms with E-state index in [1.807, 2.05) is 0 Å². The average molecular weight is 428 g/mol. The van der Waals surface area contributed by atoms with Crippen LogP contribution in [0, 0.1) is 23.6 Å². The van der Waals surface area contributed by atoms with E-state index in [1.165, 1.54) is 18.3 Å². The number of nitrogens with zero attached hydrogens (tertiary/aromatic N) is 2. The molecule has 160 valence electrons. The highest BCUT2D eigenvalue weighted by Crippen LogP contribution is 2.44. The van der Waals surface area contributed by atoms with Crippen LogP contribution in [0.3, 0.4) is 0 Å². The van der Waals surface area contributed by atoms with Crippen LogP contribution >= 0.6 is 0 Å². The van der Waals surface area contributed by atoms with Gasteiger partial charge in [-0.1, -0.05) is 11.8 Å². The molecule has 1 aromatic heterocycles. The molecule has 1 aromatic carbocycles. The number of aliphatic imine (C=N–C) groups is 1. The molecule has 1 aliphatic heterocycles. The van der Waals surface area contributed by atoms with Crippen molar-refractivity contribution in [1.29, 1.82) is 0 Å². The number of carbonyl (C=O) groups excluding carboxylic acids is 1. The van der Waals surface area contributed by atoms with Gasteiger partial charge in [-0.25, -0.2) is 14.4 Å². The van der Waals surface area contributed by atoms with Crippen molar-refractivity contribution in [3.05, 3.63) is 59.2 Å². The van der Waals surface area contributed by atoms with Gasteiger partial charge in [0.2, 0.25) is 5.60 Å². The predicted octanol–water partition coefficient (Wildman–Crippen LogP) is 3.43. The van der Waals surface area contributed by atoms with E-state index in [1.54, 1.807) is 6.07 Å². The van der Waals surface area contributed by atoms with Crippen molar-refractivity contribution in [3.63, 3.8) is 0 Å². The second kappa shape index (κ2) is 7.61. The Balaban J connectivity index is 1.55. The highest BCUT2D eigenvalue weighted by atomic mass is 19.3. The van der Waals surface area contributed by atoms with E-state index in [0.29, 0.717) is 11.5 Å². The summed E-state index contributed by atoms with van der Waals surface area (Å²) in [6.45, 7) is 0.0901. The van der Waals surface area contributed by atoms with Crippen molar-refractivity contribution >= 4 is 17.6 Å². The third-order valence-electron chi connectivity index (χ3n) is 5.17. The van der Waals surface area contributed by atoms with Crippen LogP contribution in [0.1, 0.15) is 41.4 Å². The molecular weight excluding hydrogens is 409 g/mol. The first-order valence-corrected chi connectivity index (χ1v) is 9.64. The monoisotopic (exact) mass is 428 g/mol. The number of pyridine rings is 1. The molecule has 9 heteroatoms. The molecule has 0 unspecified atom stereocenters. The first kappa shape index (κ1) is 20.7. The van der Waals surface area contributed by atoms with Gasteiger partial charge in [0.05, 0.1) is 0 Å². The third kappa shape index (κ3) is 4.19. The summed E-state index contributed by atoms with van der Waals surface area (Å²) in [6.07, 6.45) is 3.70. The number of nitrogens with two attached hydrogens (primary N) is 1. The fraction of sp³-hybridized carbons (Fsp3) is 0.318.